The SMILES string of the molecule is C=C(C)COCCN=C(N)Nc1ccc(C)c(C)c1. The zero-order valence-corrected chi connectivity index (χ0v) is 12.0. The molecule has 1 rings (SSSR count). The molecule has 1 aromatic rings. The molecule has 19 heavy (non-hydrogen) atoms. The Hall–Kier alpha value is -1.81. The molecule has 0 aliphatic carbocycles. The topological polar surface area (TPSA) is 59.6 Å². The lowest BCUT2D eigenvalue weighted by Gasteiger charge is -2.08. The molecule has 0 amide bonds. The number of aryl methyl sites for hydroxylation is 2. The van der Waals surface area contributed by atoms with E-state index in [1.807, 2.05) is 13.0 Å². The molecule has 0 fully saturated rings. The third-order valence-electron chi connectivity index (χ3n) is 2.65. The van der Waals surface area contributed by atoms with Gasteiger partial charge in [0.15, 0.2) is 5.96 Å². The molecule has 1 aromatic carbocycles. The smallest absolute Gasteiger partial charge is 0.193 e. The summed E-state index contributed by atoms with van der Waals surface area (Å²) in [5.74, 6) is 0.405. The highest BCUT2D eigenvalue weighted by molar-refractivity contribution is 5.92. The third kappa shape index (κ3) is 6.06. The lowest BCUT2D eigenvalue weighted by atomic mass is 10.1. The number of hydrogen-bond acceptors (Lipinski definition) is 2. The van der Waals surface area contributed by atoms with E-state index in [9.17, 15) is 0 Å². The first-order chi connectivity index (χ1) is 8.99. The predicted molar refractivity (Wildman–Crippen MR) is 81.7 cm³/mol. The molecule has 0 atom stereocenters. The van der Waals surface area contributed by atoms with Gasteiger partial charge in [0.25, 0.3) is 0 Å². The van der Waals surface area contributed by atoms with E-state index in [4.69, 9.17) is 10.5 Å². The number of aliphatic imine (C=N–C) groups is 1. The summed E-state index contributed by atoms with van der Waals surface area (Å²) in [5.41, 5.74) is 10.2. The number of hydrogen-bond donors (Lipinski definition) is 2. The quantitative estimate of drug-likeness (QED) is 0.358. The van der Waals surface area contributed by atoms with Crippen molar-refractivity contribution in [2.75, 3.05) is 25.1 Å². The van der Waals surface area contributed by atoms with Crippen molar-refractivity contribution in [1.82, 2.24) is 0 Å². The first-order valence-electron chi connectivity index (χ1n) is 6.35. The molecule has 0 unspecified atom stereocenters. The molecule has 0 aromatic heterocycles. The van der Waals surface area contributed by atoms with E-state index < -0.39 is 0 Å². The monoisotopic (exact) mass is 261 g/mol. The van der Waals surface area contributed by atoms with Gasteiger partial charge in [0.2, 0.25) is 0 Å². The van der Waals surface area contributed by atoms with E-state index in [-0.39, 0.29) is 0 Å². The molecular weight excluding hydrogens is 238 g/mol. The lowest BCUT2D eigenvalue weighted by Crippen LogP contribution is -2.23. The molecule has 0 radical (unpaired) electrons. The van der Waals surface area contributed by atoms with Gasteiger partial charge in [-0.2, -0.15) is 0 Å². The average molecular weight is 261 g/mol. The number of nitrogens with zero attached hydrogens (tertiary/aromatic N) is 1. The van der Waals surface area contributed by atoms with Crippen molar-refractivity contribution < 1.29 is 4.74 Å². The first-order valence-corrected chi connectivity index (χ1v) is 6.35. The summed E-state index contributed by atoms with van der Waals surface area (Å²) >= 11 is 0. The number of nitrogens with one attached hydrogen (secondary N) is 1. The van der Waals surface area contributed by atoms with Gasteiger partial charge in [-0.25, -0.2) is 0 Å². The Morgan fingerprint density at radius 1 is 1.37 bits per heavy atom. The highest BCUT2D eigenvalue weighted by atomic mass is 16.5. The zero-order chi connectivity index (χ0) is 14.3. The van der Waals surface area contributed by atoms with Crippen LogP contribution in [-0.4, -0.2) is 25.7 Å². The van der Waals surface area contributed by atoms with Crippen LogP contribution in [0.5, 0.6) is 0 Å². The van der Waals surface area contributed by atoms with Crippen LogP contribution >= 0.6 is 0 Å². The summed E-state index contributed by atoms with van der Waals surface area (Å²) in [6.45, 7) is 11.5. The van der Waals surface area contributed by atoms with Gasteiger partial charge in [-0.3, -0.25) is 4.99 Å². The number of rotatable bonds is 6. The van der Waals surface area contributed by atoms with Gasteiger partial charge in [0.05, 0.1) is 19.8 Å². The van der Waals surface area contributed by atoms with E-state index in [0.29, 0.717) is 25.7 Å². The fraction of sp³-hybridized carbons (Fsp3) is 0.400. The summed E-state index contributed by atoms with van der Waals surface area (Å²) in [5, 5.41) is 3.06. The van der Waals surface area contributed by atoms with Crippen molar-refractivity contribution in [3.05, 3.63) is 41.5 Å². The third-order valence-corrected chi connectivity index (χ3v) is 2.65. The van der Waals surface area contributed by atoms with Gasteiger partial charge in [-0.15, -0.1) is 0 Å². The number of anilines is 1. The van der Waals surface area contributed by atoms with Crippen molar-refractivity contribution >= 4 is 11.6 Å². The lowest BCUT2D eigenvalue weighted by molar-refractivity contribution is 0.165. The Bertz CT molecular complexity index is 466. The van der Waals surface area contributed by atoms with Crippen molar-refractivity contribution in [3.63, 3.8) is 0 Å². The van der Waals surface area contributed by atoms with Crippen LogP contribution in [0.3, 0.4) is 0 Å². The zero-order valence-electron chi connectivity index (χ0n) is 12.0. The predicted octanol–water partition coefficient (Wildman–Crippen LogP) is 2.62. The Balaban J connectivity index is 2.38. The largest absolute Gasteiger partial charge is 0.375 e. The molecule has 0 saturated carbocycles. The van der Waals surface area contributed by atoms with Gasteiger partial charge in [-0.1, -0.05) is 18.2 Å². The van der Waals surface area contributed by atoms with Crippen molar-refractivity contribution in [2.24, 2.45) is 10.7 Å². The van der Waals surface area contributed by atoms with Crippen LogP contribution in [0.25, 0.3) is 0 Å². The van der Waals surface area contributed by atoms with Crippen LogP contribution < -0.4 is 11.1 Å². The Morgan fingerprint density at radius 3 is 2.74 bits per heavy atom. The van der Waals surface area contributed by atoms with Crippen molar-refractivity contribution in [1.29, 1.82) is 0 Å². The molecule has 0 bridgehead atoms. The van der Waals surface area contributed by atoms with Gasteiger partial charge in [0, 0.05) is 5.69 Å². The maximum Gasteiger partial charge on any atom is 0.193 e. The summed E-state index contributed by atoms with van der Waals surface area (Å²) in [6, 6.07) is 6.10. The average Bonchev–Trinajstić information content (AvgIpc) is 2.33. The molecule has 104 valence electrons. The fourth-order valence-corrected chi connectivity index (χ4v) is 1.48. The minimum Gasteiger partial charge on any atom is -0.375 e. The fourth-order valence-electron chi connectivity index (χ4n) is 1.48. The summed E-state index contributed by atoms with van der Waals surface area (Å²) in [6.07, 6.45) is 0. The molecule has 4 heteroatoms. The van der Waals surface area contributed by atoms with Crippen LogP contribution in [-0.2, 0) is 4.74 Å². The van der Waals surface area contributed by atoms with Crippen LogP contribution in [0.4, 0.5) is 5.69 Å². The molecule has 4 nitrogen and oxygen atoms in total. The molecule has 3 N–H and O–H groups in total. The molecule has 0 aliphatic heterocycles. The molecule has 0 saturated heterocycles. The summed E-state index contributed by atoms with van der Waals surface area (Å²) < 4.78 is 5.34. The molecule has 0 heterocycles. The number of ether oxygens (including phenoxy) is 1. The Morgan fingerprint density at radius 2 is 2.11 bits per heavy atom. The second-order valence-electron chi connectivity index (χ2n) is 4.70. The standard InChI is InChI=1S/C15H23N3O/c1-11(2)10-19-8-7-17-15(16)18-14-6-5-12(3)13(4)9-14/h5-6,9H,1,7-8,10H2,2-4H3,(H3,16,17,18). The maximum absolute atomic E-state index is 5.80. The Kier molecular flexibility index (Phi) is 6.09. The number of benzene rings is 1. The summed E-state index contributed by atoms with van der Waals surface area (Å²) in [7, 11) is 0. The Labute approximate surface area is 115 Å². The maximum atomic E-state index is 5.80. The highest BCUT2D eigenvalue weighted by Gasteiger charge is 1.97. The van der Waals surface area contributed by atoms with E-state index in [1.54, 1.807) is 0 Å². The van der Waals surface area contributed by atoms with Crippen molar-refractivity contribution in [3.8, 4) is 0 Å². The number of nitrogens with two attached hydrogens (primary N) is 1. The first kappa shape index (κ1) is 15.2. The van der Waals surface area contributed by atoms with Gasteiger partial charge in [0.1, 0.15) is 0 Å². The van der Waals surface area contributed by atoms with E-state index in [2.05, 4.69) is 42.9 Å². The second-order valence-corrected chi connectivity index (χ2v) is 4.70. The van der Waals surface area contributed by atoms with Gasteiger partial charge in [-0.05, 0) is 44.0 Å². The normalized spacial score (nSPS) is 11.4. The highest BCUT2D eigenvalue weighted by Crippen LogP contribution is 2.13. The van der Waals surface area contributed by atoms with Crippen molar-refractivity contribution in [2.45, 2.75) is 20.8 Å². The summed E-state index contributed by atoms with van der Waals surface area (Å²) in [4.78, 5) is 4.20. The molecule has 0 spiro atoms. The minimum absolute atomic E-state index is 0.405. The van der Waals surface area contributed by atoms with E-state index >= 15 is 0 Å². The molecule has 0 aliphatic rings. The minimum atomic E-state index is 0.405. The number of guanidine groups is 1. The van der Waals surface area contributed by atoms with Gasteiger partial charge < -0.3 is 15.8 Å². The second kappa shape index (κ2) is 7.59. The van der Waals surface area contributed by atoms with Gasteiger partial charge >= 0.3 is 0 Å². The van der Waals surface area contributed by atoms with E-state index in [1.165, 1.54) is 11.1 Å². The van der Waals surface area contributed by atoms with Crippen LogP contribution in [0.1, 0.15) is 18.1 Å². The van der Waals surface area contributed by atoms with Crippen LogP contribution in [0, 0.1) is 13.8 Å². The van der Waals surface area contributed by atoms with Crippen LogP contribution in [0.15, 0.2) is 35.3 Å². The molecular formula is C15H23N3O. The van der Waals surface area contributed by atoms with Crippen LogP contribution in [0.2, 0.25) is 0 Å². The van der Waals surface area contributed by atoms with E-state index in [0.717, 1.165) is 11.3 Å².